The van der Waals surface area contributed by atoms with Gasteiger partial charge in [0, 0.05) is 14.1 Å². The lowest BCUT2D eigenvalue weighted by Gasteiger charge is -2.12. The van der Waals surface area contributed by atoms with E-state index >= 15 is 0 Å². The molecule has 5 heteroatoms. The number of benzene rings is 2. The second-order valence-electron chi connectivity index (χ2n) is 4.96. The standard InChI is InChI=1S/C17H20N2O3/c1-19(2)18-17(20)13-22-16-10-8-15(9-11-16)21-12-14-6-4-3-5-7-14/h3-11H,12-13H2,1-2H3,(H,18,20). The molecule has 2 aromatic carbocycles. The molecule has 0 atom stereocenters. The van der Waals surface area contributed by atoms with Crippen LogP contribution in [0.4, 0.5) is 0 Å². The van der Waals surface area contributed by atoms with Crippen LogP contribution in [0, 0.1) is 0 Å². The molecule has 0 aliphatic carbocycles. The lowest BCUT2D eigenvalue weighted by molar-refractivity contribution is -0.126. The van der Waals surface area contributed by atoms with Gasteiger partial charge in [-0.2, -0.15) is 0 Å². The number of carbonyl (C=O) groups excluding carboxylic acids is 1. The maximum absolute atomic E-state index is 11.5. The van der Waals surface area contributed by atoms with E-state index in [2.05, 4.69) is 5.43 Å². The lowest BCUT2D eigenvalue weighted by atomic mass is 10.2. The van der Waals surface area contributed by atoms with Crippen LogP contribution in [0.5, 0.6) is 11.5 Å². The minimum atomic E-state index is -0.200. The highest BCUT2D eigenvalue weighted by molar-refractivity contribution is 5.76. The summed E-state index contributed by atoms with van der Waals surface area (Å²) >= 11 is 0. The minimum absolute atomic E-state index is 0.0254. The predicted octanol–water partition coefficient (Wildman–Crippen LogP) is 2.24. The molecule has 1 amide bonds. The van der Waals surface area contributed by atoms with Gasteiger partial charge >= 0.3 is 0 Å². The van der Waals surface area contributed by atoms with Gasteiger partial charge in [-0.15, -0.1) is 0 Å². The molecule has 0 heterocycles. The Balaban J connectivity index is 1.79. The highest BCUT2D eigenvalue weighted by Crippen LogP contribution is 2.18. The largest absolute Gasteiger partial charge is 0.489 e. The summed E-state index contributed by atoms with van der Waals surface area (Å²) in [6, 6.07) is 17.2. The smallest absolute Gasteiger partial charge is 0.272 e. The van der Waals surface area contributed by atoms with Gasteiger partial charge in [0.15, 0.2) is 6.61 Å². The van der Waals surface area contributed by atoms with Crippen LogP contribution >= 0.6 is 0 Å². The first-order chi connectivity index (χ1) is 10.6. The fourth-order valence-electron chi connectivity index (χ4n) is 1.80. The molecule has 1 N–H and O–H groups in total. The van der Waals surface area contributed by atoms with E-state index in [-0.39, 0.29) is 12.5 Å². The molecule has 116 valence electrons. The quantitative estimate of drug-likeness (QED) is 0.797. The SMILES string of the molecule is CN(C)NC(=O)COc1ccc(OCc2ccccc2)cc1. The summed E-state index contributed by atoms with van der Waals surface area (Å²) in [7, 11) is 3.49. The zero-order chi connectivity index (χ0) is 15.8. The van der Waals surface area contributed by atoms with E-state index in [4.69, 9.17) is 9.47 Å². The molecule has 0 unspecified atom stereocenters. The minimum Gasteiger partial charge on any atom is -0.489 e. The van der Waals surface area contributed by atoms with Crippen molar-refractivity contribution in [3.63, 3.8) is 0 Å². The molecular weight excluding hydrogens is 280 g/mol. The van der Waals surface area contributed by atoms with Crippen molar-refractivity contribution in [1.29, 1.82) is 0 Å². The van der Waals surface area contributed by atoms with Gasteiger partial charge in [-0.05, 0) is 29.8 Å². The molecule has 0 radical (unpaired) electrons. The third-order valence-corrected chi connectivity index (χ3v) is 2.79. The third-order valence-electron chi connectivity index (χ3n) is 2.79. The van der Waals surface area contributed by atoms with Crippen molar-refractivity contribution in [2.45, 2.75) is 6.61 Å². The second-order valence-corrected chi connectivity index (χ2v) is 4.96. The molecule has 0 saturated heterocycles. The summed E-state index contributed by atoms with van der Waals surface area (Å²) in [6.45, 7) is 0.495. The second kappa shape index (κ2) is 8.05. The van der Waals surface area contributed by atoms with E-state index in [0.717, 1.165) is 11.3 Å². The highest BCUT2D eigenvalue weighted by atomic mass is 16.5. The number of ether oxygens (including phenoxy) is 2. The van der Waals surface area contributed by atoms with Gasteiger partial charge in [-0.3, -0.25) is 10.2 Å². The molecule has 2 aromatic rings. The number of amides is 1. The molecule has 2 rings (SSSR count). The van der Waals surface area contributed by atoms with Crippen LogP contribution in [-0.4, -0.2) is 31.6 Å². The lowest BCUT2D eigenvalue weighted by Crippen LogP contribution is -2.39. The first kappa shape index (κ1) is 15.9. The van der Waals surface area contributed by atoms with Crippen LogP contribution in [0.15, 0.2) is 54.6 Å². The van der Waals surface area contributed by atoms with Gasteiger partial charge in [0.25, 0.3) is 5.91 Å². The summed E-state index contributed by atoms with van der Waals surface area (Å²) in [5.41, 5.74) is 3.72. The summed E-state index contributed by atoms with van der Waals surface area (Å²) in [5, 5.41) is 1.58. The molecule has 0 saturated carbocycles. The van der Waals surface area contributed by atoms with Crippen LogP contribution in [0.25, 0.3) is 0 Å². The topological polar surface area (TPSA) is 50.8 Å². The van der Waals surface area contributed by atoms with Gasteiger partial charge in [0.1, 0.15) is 18.1 Å². The summed E-state index contributed by atoms with van der Waals surface area (Å²) in [6.07, 6.45) is 0. The molecule has 0 spiro atoms. The summed E-state index contributed by atoms with van der Waals surface area (Å²) in [4.78, 5) is 11.5. The zero-order valence-corrected chi connectivity index (χ0v) is 12.8. The maximum Gasteiger partial charge on any atom is 0.272 e. The summed E-state index contributed by atoms with van der Waals surface area (Å²) in [5.74, 6) is 1.18. The van der Waals surface area contributed by atoms with Crippen molar-refractivity contribution < 1.29 is 14.3 Å². The van der Waals surface area contributed by atoms with E-state index in [9.17, 15) is 4.79 Å². The average Bonchev–Trinajstić information content (AvgIpc) is 2.52. The van der Waals surface area contributed by atoms with E-state index < -0.39 is 0 Å². The number of nitrogens with one attached hydrogen (secondary N) is 1. The summed E-state index contributed by atoms with van der Waals surface area (Å²) < 4.78 is 11.1. The van der Waals surface area contributed by atoms with Crippen molar-refractivity contribution in [2.75, 3.05) is 20.7 Å². The van der Waals surface area contributed by atoms with E-state index in [1.54, 1.807) is 31.2 Å². The molecule has 0 aliphatic rings. The molecule has 0 bridgehead atoms. The molecule has 22 heavy (non-hydrogen) atoms. The number of carbonyl (C=O) groups is 1. The average molecular weight is 300 g/mol. The van der Waals surface area contributed by atoms with E-state index in [1.165, 1.54) is 0 Å². The highest BCUT2D eigenvalue weighted by Gasteiger charge is 2.03. The number of hydrogen-bond donors (Lipinski definition) is 1. The predicted molar refractivity (Wildman–Crippen MR) is 84.5 cm³/mol. The number of nitrogens with zero attached hydrogens (tertiary/aromatic N) is 1. The van der Waals surface area contributed by atoms with Gasteiger partial charge < -0.3 is 9.47 Å². The van der Waals surface area contributed by atoms with E-state index in [0.29, 0.717) is 12.4 Å². The molecule has 0 aromatic heterocycles. The number of hydrogen-bond acceptors (Lipinski definition) is 4. The van der Waals surface area contributed by atoms with Crippen molar-refractivity contribution >= 4 is 5.91 Å². The fourth-order valence-corrected chi connectivity index (χ4v) is 1.80. The zero-order valence-electron chi connectivity index (χ0n) is 12.8. The van der Waals surface area contributed by atoms with Crippen LogP contribution < -0.4 is 14.9 Å². The number of rotatable bonds is 7. The van der Waals surface area contributed by atoms with Gasteiger partial charge in [0.2, 0.25) is 0 Å². The normalized spacial score (nSPS) is 10.3. The molecule has 0 fully saturated rings. The Hall–Kier alpha value is -2.53. The van der Waals surface area contributed by atoms with Gasteiger partial charge in [-0.1, -0.05) is 30.3 Å². The Morgan fingerprint density at radius 1 is 0.955 bits per heavy atom. The molecule has 5 nitrogen and oxygen atoms in total. The third kappa shape index (κ3) is 5.46. The first-order valence-corrected chi connectivity index (χ1v) is 7.00. The first-order valence-electron chi connectivity index (χ1n) is 7.00. The van der Waals surface area contributed by atoms with Gasteiger partial charge in [0.05, 0.1) is 0 Å². The Labute approximate surface area is 130 Å². The molecule has 0 aliphatic heterocycles. The maximum atomic E-state index is 11.5. The van der Waals surface area contributed by atoms with Crippen molar-refractivity contribution in [2.24, 2.45) is 0 Å². The van der Waals surface area contributed by atoms with Crippen molar-refractivity contribution in [3.8, 4) is 11.5 Å². The Kier molecular flexibility index (Phi) is 5.80. The Morgan fingerprint density at radius 3 is 2.14 bits per heavy atom. The van der Waals surface area contributed by atoms with Crippen LogP contribution in [-0.2, 0) is 11.4 Å². The molecular formula is C17H20N2O3. The van der Waals surface area contributed by atoms with Crippen LogP contribution in [0.2, 0.25) is 0 Å². The van der Waals surface area contributed by atoms with E-state index in [1.807, 2.05) is 42.5 Å². The Morgan fingerprint density at radius 2 is 1.55 bits per heavy atom. The van der Waals surface area contributed by atoms with Gasteiger partial charge in [-0.25, -0.2) is 5.01 Å². The number of hydrazine groups is 1. The van der Waals surface area contributed by atoms with Crippen molar-refractivity contribution in [3.05, 3.63) is 60.2 Å². The fraction of sp³-hybridized carbons (Fsp3) is 0.235. The van der Waals surface area contributed by atoms with Crippen LogP contribution in [0.1, 0.15) is 5.56 Å². The van der Waals surface area contributed by atoms with Crippen LogP contribution in [0.3, 0.4) is 0 Å². The Bertz CT molecular complexity index is 583. The monoisotopic (exact) mass is 300 g/mol. The van der Waals surface area contributed by atoms with Crippen molar-refractivity contribution in [1.82, 2.24) is 10.4 Å².